The first-order chi connectivity index (χ1) is 14.2. The summed E-state index contributed by atoms with van der Waals surface area (Å²) in [5, 5.41) is 9.54. The van der Waals surface area contributed by atoms with E-state index in [-0.39, 0.29) is 18.9 Å². The molecule has 2 atom stereocenters. The Morgan fingerprint density at radius 3 is 2.70 bits per heavy atom. The van der Waals surface area contributed by atoms with Crippen LogP contribution >= 0.6 is 22.6 Å². The predicted octanol–water partition coefficient (Wildman–Crippen LogP) is 3.69. The van der Waals surface area contributed by atoms with Gasteiger partial charge in [-0.05, 0) is 68.5 Å². The molecule has 0 fully saturated rings. The maximum Gasteiger partial charge on any atom is 0.325 e. The van der Waals surface area contributed by atoms with Crippen LogP contribution in [0.3, 0.4) is 0 Å². The summed E-state index contributed by atoms with van der Waals surface area (Å²) in [6.45, 7) is 7.77. The van der Waals surface area contributed by atoms with Crippen molar-refractivity contribution >= 4 is 40.2 Å². The van der Waals surface area contributed by atoms with E-state index in [1.165, 1.54) is 0 Å². The highest BCUT2D eigenvalue weighted by molar-refractivity contribution is 14.1. The van der Waals surface area contributed by atoms with Crippen LogP contribution in [0.15, 0.2) is 33.6 Å². The Labute approximate surface area is 189 Å². The van der Waals surface area contributed by atoms with E-state index in [2.05, 4.69) is 33.6 Å². The lowest BCUT2D eigenvalue weighted by molar-refractivity contribution is -0.141. The van der Waals surface area contributed by atoms with E-state index in [1.807, 2.05) is 19.1 Å². The summed E-state index contributed by atoms with van der Waals surface area (Å²) in [4.78, 5) is 32.2. The van der Waals surface area contributed by atoms with Gasteiger partial charge in [0.2, 0.25) is 0 Å². The number of allylic oxidation sites excluding steroid dienone is 2. The number of nitrogens with zero attached hydrogens (tertiary/aromatic N) is 3. The minimum absolute atomic E-state index is 0.0763. The molecule has 1 aromatic heterocycles. The van der Waals surface area contributed by atoms with E-state index in [0.29, 0.717) is 29.4 Å². The fraction of sp³-hybridized carbons (Fsp3) is 0.455. The molecular formula is C22H24IN3O4. The summed E-state index contributed by atoms with van der Waals surface area (Å²) < 4.78 is 12.0. The summed E-state index contributed by atoms with van der Waals surface area (Å²) in [5.41, 5.74) is 0.117. The Kier molecular flexibility index (Phi) is 6.50. The Morgan fingerprint density at radius 2 is 2.07 bits per heavy atom. The van der Waals surface area contributed by atoms with Gasteiger partial charge in [0.25, 0.3) is 0 Å². The quantitative estimate of drug-likeness (QED) is 0.417. The van der Waals surface area contributed by atoms with Crippen LogP contribution < -0.4 is 4.90 Å². The molecule has 0 N–H and O–H groups in total. The second kappa shape index (κ2) is 8.76. The second-order valence-corrected chi connectivity index (χ2v) is 8.74. The number of hydrogen-bond donors (Lipinski definition) is 0. The molecule has 1 aliphatic carbocycles. The van der Waals surface area contributed by atoms with Gasteiger partial charge < -0.3 is 14.4 Å². The first-order valence-electron chi connectivity index (χ1n) is 9.85. The fourth-order valence-electron chi connectivity index (χ4n) is 3.65. The molecule has 0 aromatic carbocycles. The van der Waals surface area contributed by atoms with E-state index in [0.717, 1.165) is 3.58 Å². The molecule has 0 radical (unpaired) electrons. The van der Waals surface area contributed by atoms with Gasteiger partial charge in [-0.15, -0.1) is 0 Å². The van der Waals surface area contributed by atoms with Crippen molar-refractivity contribution in [3.05, 3.63) is 44.9 Å². The number of ether oxygens (including phenoxy) is 2. The summed E-state index contributed by atoms with van der Waals surface area (Å²) in [7, 11) is 0. The third-order valence-corrected chi connectivity index (χ3v) is 6.06. The largest absolute Gasteiger partial charge is 0.495 e. The normalized spacial score (nSPS) is 20.4. The lowest BCUT2D eigenvalue weighted by Crippen LogP contribution is -2.53. The molecule has 7 nitrogen and oxygen atoms in total. The first kappa shape index (κ1) is 22.3. The standard InChI is InChI=1S/C22H24IN3O4/c1-5-29-17(27)11-26-18-13(7-9-15(23)20(18)30-6-2)19(28)14-8-10-16(25-21(14)26)22(3,4)12-24/h7-10,13,18H,5-6,11H2,1-4H3. The van der Waals surface area contributed by atoms with Gasteiger partial charge in [-0.1, -0.05) is 6.08 Å². The van der Waals surface area contributed by atoms with E-state index < -0.39 is 23.3 Å². The van der Waals surface area contributed by atoms with E-state index in [9.17, 15) is 14.9 Å². The van der Waals surface area contributed by atoms with Crippen LogP contribution in [-0.4, -0.2) is 42.5 Å². The Bertz CT molecular complexity index is 977. The van der Waals surface area contributed by atoms with Gasteiger partial charge in [-0.2, -0.15) is 5.26 Å². The monoisotopic (exact) mass is 521 g/mol. The summed E-state index contributed by atoms with van der Waals surface area (Å²) >= 11 is 2.17. The molecule has 0 bridgehead atoms. The number of esters is 1. The molecule has 0 saturated heterocycles. The predicted molar refractivity (Wildman–Crippen MR) is 120 cm³/mol. The zero-order chi connectivity index (χ0) is 22.1. The summed E-state index contributed by atoms with van der Waals surface area (Å²) in [6.07, 6.45) is 3.73. The van der Waals surface area contributed by atoms with Gasteiger partial charge >= 0.3 is 5.97 Å². The van der Waals surface area contributed by atoms with Crippen LogP contribution in [0.2, 0.25) is 0 Å². The number of halogens is 1. The minimum atomic E-state index is -0.843. The lowest BCUT2D eigenvalue weighted by atomic mass is 9.81. The molecule has 2 heterocycles. The van der Waals surface area contributed by atoms with Crippen LogP contribution in [0.1, 0.15) is 43.7 Å². The van der Waals surface area contributed by atoms with Gasteiger partial charge in [0.15, 0.2) is 5.78 Å². The van der Waals surface area contributed by atoms with Gasteiger partial charge in [-0.25, -0.2) is 4.98 Å². The Hall–Kier alpha value is -2.41. The van der Waals surface area contributed by atoms with Crippen LogP contribution in [0, 0.1) is 17.2 Å². The van der Waals surface area contributed by atoms with Gasteiger partial charge in [-0.3, -0.25) is 9.59 Å². The third kappa shape index (κ3) is 3.95. The summed E-state index contributed by atoms with van der Waals surface area (Å²) in [5.74, 6) is 0.0288. The molecule has 0 amide bonds. The highest BCUT2D eigenvalue weighted by atomic mass is 127. The van der Waals surface area contributed by atoms with E-state index in [1.54, 1.807) is 37.8 Å². The van der Waals surface area contributed by atoms with Crippen LogP contribution in [0.25, 0.3) is 0 Å². The topological polar surface area (TPSA) is 92.5 Å². The van der Waals surface area contributed by atoms with Crippen molar-refractivity contribution in [3.63, 3.8) is 0 Å². The Balaban J connectivity index is 2.19. The molecular weight excluding hydrogens is 497 g/mol. The number of nitriles is 1. The van der Waals surface area contributed by atoms with Crippen molar-refractivity contribution in [2.75, 3.05) is 24.7 Å². The van der Waals surface area contributed by atoms with Crippen LogP contribution in [0.4, 0.5) is 5.82 Å². The number of hydrogen-bond acceptors (Lipinski definition) is 7. The zero-order valence-corrected chi connectivity index (χ0v) is 19.6. The molecule has 158 valence electrons. The Morgan fingerprint density at radius 1 is 1.33 bits per heavy atom. The number of fused-ring (bicyclic) bond motifs is 2. The molecule has 0 spiro atoms. The average Bonchev–Trinajstić information content (AvgIpc) is 2.72. The SMILES string of the molecule is CCOC(=O)CN1c2nc(C(C)(C)C#N)ccc2C(=O)C2C=CC(I)=C(OCC)C21. The van der Waals surface area contributed by atoms with Crippen molar-refractivity contribution in [2.45, 2.75) is 39.2 Å². The zero-order valence-electron chi connectivity index (χ0n) is 17.4. The highest BCUT2D eigenvalue weighted by Gasteiger charge is 2.46. The molecule has 2 aliphatic rings. The van der Waals surface area contributed by atoms with Crippen molar-refractivity contribution in [1.29, 1.82) is 5.26 Å². The third-order valence-electron chi connectivity index (χ3n) is 5.17. The summed E-state index contributed by atoms with van der Waals surface area (Å²) in [6, 6.07) is 5.15. The molecule has 2 unspecified atom stereocenters. The molecule has 1 aliphatic heterocycles. The smallest absolute Gasteiger partial charge is 0.325 e. The maximum atomic E-state index is 13.3. The average molecular weight is 521 g/mol. The molecule has 3 rings (SSSR count). The van der Waals surface area contributed by atoms with Gasteiger partial charge in [0.05, 0.1) is 45.5 Å². The number of anilines is 1. The number of Topliss-reactive ketones (excluding diaryl/α,β-unsaturated/α-hetero) is 1. The second-order valence-electron chi connectivity index (χ2n) is 7.58. The molecule has 0 saturated carbocycles. The number of rotatable bonds is 6. The number of ketones is 1. The van der Waals surface area contributed by atoms with Crippen LogP contribution in [0.5, 0.6) is 0 Å². The van der Waals surface area contributed by atoms with E-state index in [4.69, 9.17) is 9.47 Å². The van der Waals surface area contributed by atoms with Crippen LogP contribution in [-0.2, 0) is 19.7 Å². The van der Waals surface area contributed by atoms with E-state index >= 15 is 0 Å². The van der Waals surface area contributed by atoms with Crippen molar-refractivity contribution in [1.82, 2.24) is 4.98 Å². The highest BCUT2D eigenvalue weighted by Crippen LogP contribution is 2.42. The fourth-order valence-corrected chi connectivity index (χ4v) is 4.33. The lowest BCUT2D eigenvalue weighted by Gasteiger charge is -2.43. The number of aromatic nitrogens is 1. The van der Waals surface area contributed by atoms with Crippen molar-refractivity contribution in [2.24, 2.45) is 5.92 Å². The van der Waals surface area contributed by atoms with Gasteiger partial charge in [0.1, 0.15) is 24.2 Å². The molecule has 30 heavy (non-hydrogen) atoms. The first-order valence-corrected chi connectivity index (χ1v) is 10.9. The minimum Gasteiger partial charge on any atom is -0.495 e. The van der Waals surface area contributed by atoms with Gasteiger partial charge in [0, 0.05) is 0 Å². The van der Waals surface area contributed by atoms with Crippen molar-refractivity contribution in [3.8, 4) is 6.07 Å². The molecule has 8 heteroatoms. The maximum absolute atomic E-state index is 13.3. The molecule has 1 aromatic rings. The van der Waals surface area contributed by atoms with Crippen molar-refractivity contribution < 1.29 is 19.1 Å². The number of pyridine rings is 1. The number of carbonyl (C=O) groups excluding carboxylic acids is 2. The number of carbonyl (C=O) groups is 2.